The van der Waals surface area contributed by atoms with Gasteiger partial charge in [0.15, 0.2) is 5.67 Å². The van der Waals surface area contributed by atoms with Crippen LogP contribution in [0.3, 0.4) is 0 Å². The SMILES string of the molecule is CC(F)(CN=[N+]=[N-])c1cc2c(c(-c3ccc(F)cc3)n1)OC[C@]2(C)C(N)=O. The summed E-state index contributed by atoms with van der Waals surface area (Å²) in [5.41, 5.74) is 11.9. The van der Waals surface area contributed by atoms with Gasteiger partial charge in [0.05, 0.1) is 12.2 Å². The van der Waals surface area contributed by atoms with Gasteiger partial charge in [0.25, 0.3) is 0 Å². The number of carbonyl (C=O) groups excluding carboxylic acids is 1. The van der Waals surface area contributed by atoms with E-state index in [1.807, 2.05) is 0 Å². The number of carbonyl (C=O) groups is 1. The topological polar surface area (TPSA) is 114 Å². The molecular formula is C18H17F2N5O2. The molecule has 0 fully saturated rings. The summed E-state index contributed by atoms with van der Waals surface area (Å²) in [6.07, 6.45) is 0. The van der Waals surface area contributed by atoms with Gasteiger partial charge in [0, 0.05) is 16.0 Å². The highest BCUT2D eigenvalue weighted by Crippen LogP contribution is 2.45. The Balaban J connectivity index is 2.26. The van der Waals surface area contributed by atoms with Gasteiger partial charge in [0.2, 0.25) is 5.91 Å². The van der Waals surface area contributed by atoms with Crippen LogP contribution in [0.15, 0.2) is 35.4 Å². The van der Waals surface area contributed by atoms with E-state index < -0.39 is 29.4 Å². The molecule has 1 aliphatic rings. The monoisotopic (exact) mass is 373 g/mol. The molecule has 1 amide bonds. The summed E-state index contributed by atoms with van der Waals surface area (Å²) in [6, 6.07) is 6.86. The van der Waals surface area contributed by atoms with Crippen molar-refractivity contribution in [1.29, 1.82) is 0 Å². The lowest BCUT2D eigenvalue weighted by Gasteiger charge is -2.22. The van der Waals surface area contributed by atoms with Gasteiger partial charge < -0.3 is 10.5 Å². The van der Waals surface area contributed by atoms with Crippen LogP contribution in [-0.2, 0) is 15.9 Å². The molecule has 0 spiro atoms. The molecule has 140 valence electrons. The number of nitrogens with two attached hydrogens (primary N) is 1. The van der Waals surface area contributed by atoms with E-state index in [1.165, 1.54) is 37.3 Å². The summed E-state index contributed by atoms with van der Waals surface area (Å²) < 4.78 is 34.1. The molecule has 0 aliphatic carbocycles. The van der Waals surface area contributed by atoms with E-state index in [4.69, 9.17) is 16.0 Å². The first-order valence-electron chi connectivity index (χ1n) is 8.13. The van der Waals surface area contributed by atoms with E-state index in [2.05, 4.69) is 15.0 Å². The molecule has 2 atom stereocenters. The molecule has 1 aromatic carbocycles. The van der Waals surface area contributed by atoms with Crippen LogP contribution in [0.1, 0.15) is 25.1 Å². The third-order valence-electron chi connectivity index (χ3n) is 4.70. The highest BCUT2D eigenvalue weighted by Gasteiger charge is 2.45. The minimum atomic E-state index is -2.09. The molecule has 1 aliphatic heterocycles. The van der Waals surface area contributed by atoms with Crippen molar-refractivity contribution in [2.24, 2.45) is 10.8 Å². The molecule has 2 aromatic rings. The number of halogens is 2. The number of amides is 1. The molecule has 1 unspecified atom stereocenters. The van der Waals surface area contributed by atoms with Crippen molar-refractivity contribution in [2.45, 2.75) is 24.9 Å². The molecular weight excluding hydrogens is 356 g/mol. The minimum Gasteiger partial charge on any atom is -0.489 e. The van der Waals surface area contributed by atoms with E-state index in [-0.39, 0.29) is 18.0 Å². The van der Waals surface area contributed by atoms with Crippen LogP contribution in [0.5, 0.6) is 5.75 Å². The fourth-order valence-corrected chi connectivity index (χ4v) is 2.90. The zero-order valence-corrected chi connectivity index (χ0v) is 14.7. The quantitative estimate of drug-likeness (QED) is 0.491. The molecule has 2 heterocycles. The number of ether oxygens (including phenoxy) is 1. The van der Waals surface area contributed by atoms with Crippen molar-refractivity contribution >= 4 is 5.91 Å². The molecule has 7 nitrogen and oxygen atoms in total. The fourth-order valence-electron chi connectivity index (χ4n) is 2.90. The number of primary amides is 1. The van der Waals surface area contributed by atoms with Gasteiger partial charge in [-0.2, -0.15) is 0 Å². The Morgan fingerprint density at radius 2 is 2.15 bits per heavy atom. The van der Waals surface area contributed by atoms with Crippen LogP contribution in [0.25, 0.3) is 21.7 Å². The second kappa shape index (κ2) is 6.51. The van der Waals surface area contributed by atoms with Gasteiger partial charge >= 0.3 is 0 Å². The van der Waals surface area contributed by atoms with Gasteiger partial charge in [-0.15, -0.1) is 0 Å². The number of azide groups is 1. The van der Waals surface area contributed by atoms with Gasteiger partial charge in [-0.05, 0) is 49.7 Å². The van der Waals surface area contributed by atoms with Crippen molar-refractivity contribution in [3.8, 4) is 17.0 Å². The first kappa shape index (κ1) is 18.6. The minimum absolute atomic E-state index is 0.0175. The summed E-state index contributed by atoms with van der Waals surface area (Å²) in [6.45, 7) is 2.33. The number of hydrogen-bond donors (Lipinski definition) is 1. The molecule has 0 saturated carbocycles. The zero-order valence-electron chi connectivity index (χ0n) is 14.7. The second-order valence-electron chi connectivity index (χ2n) is 6.81. The maximum absolute atomic E-state index is 15.1. The molecule has 1 aromatic heterocycles. The molecule has 0 radical (unpaired) electrons. The van der Waals surface area contributed by atoms with Crippen molar-refractivity contribution in [1.82, 2.24) is 4.98 Å². The molecule has 9 heteroatoms. The lowest BCUT2D eigenvalue weighted by atomic mass is 9.82. The Kier molecular flexibility index (Phi) is 4.49. The van der Waals surface area contributed by atoms with E-state index in [0.29, 0.717) is 16.9 Å². The standard InChI is InChI=1S/C18H17F2N5O2/c1-17(16(21)26)9-27-15-12(17)7-13(18(2,20)8-23-25-22)24-14(15)10-3-5-11(19)6-4-10/h3-7H,8-9H2,1-2H3,(H2,21,26)/t17-,18?/m0/s1. The predicted octanol–water partition coefficient (Wildman–Crippen LogP) is 3.52. The number of benzene rings is 1. The number of alkyl halides is 1. The maximum Gasteiger partial charge on any atom is 0.231 e. The Bertz CT molecular complexity index is 955. The number of rotatable bonds is 5. The van der Waals surface area contributed by atoms with Gasteiger partial charge in [0.1, 0.15) is 29.3 Å². The summed E-state index contributed by atoms with van der Waals surface area (Å²) >= 11 is 0. The van der Waals surface area contributed by atoms with Crippen molar-refractivity contribution in [2.75, 3.05) is 13.2 Å². The predicted molar refractivity (Wildman–Crippen MR) is 94.1 cm³/mol. The van der Waals surface area contributed by atoms with Crippen molar-refractivity contribution in [3.05, 3.63) is 57.8 Å². The van der Waals surface area contributed by atoms with Crippen LogP contribution in [0, 0.1) is 5.82 Å². The number of nitrogens with zero attached hydrogens (tertiary/aromatic N) is 4. The first-order chi connectivity index (χ1) is 12.7. The Labute approximate surface area is 153 Å². The molecule has 3 rings (SSSR count). The smallest absolute Gasteiger partial charge is 0.231 e. The highest BCUT2D eigenvalue weighted by atomic mass is 19.1. The van der Waals surface area contributed by atoms with E-state index in [9.17, 15) is 9.18 Å². The highest BCUT2D eigenvalue weighted by molar-refractivity contribution is 5.90. The Morgan fingerprint density at radius 3 is 2.74 bits per heavy atom. The second-order valence-corrected chi connectivity index (χ2v) is 6.81. The van der Waals surface area contributed by atoms with Crippen molar-refractivity contribution < 1.29 is 18.3 Å². The Hall–Kier alpha value is -3.19. The largest absolute Gasteiger partial charge is 0.489 e. The van der Waals surface area contributed by atoms with Crippen molar-refractivity contribution in [3.63, 3.8) is 0 Å². The number of pyridine rings is 1. The third-order valence-corrected chi connectivity index (χ3v) is 4.70. The van der Waals surface area contributed by atoms with Crippen LogP contribution in [0.2, 0.25) is 0 Å². The first-order valence-corrected chi connectivity index (χ1v) is 8.13. The van der Waals surface area contributed by atoms with Crippen LogP contribution in [-0.4, -0.2) is 24.0 Å². The van der Waals surface area contributed by atoms with E-state index in [0.717, 1.165) is 0 Å². The number of fused-ring (bicyclic) bond motifs is 1. The molecule has 0 bridgehead atoms. The van der Waals surface area contributed by atoms with Gasteiger partial charge in [-0.25, -0.2) is 13.8 Å². The summed E-state index contributed by atoms with van der Waals surface area (Å²) in [5.74, 6) is -0.765. The average Bonchev–Trinajstić information content (AvgIpc) is 2.99. The number of aromatic nitrogens is 1. The van der Waals surface area contributed by atoms with E-state index in [1.54, 1.807) is 6.92 Å². The molecule has 27 heavy (non-hydrogen) atoms. The van der Waals surface area contributed by atoms with Gasteiger partial charge in [-0.3, -0.25) is 4.79 Å². The van der Waals surface area contributed by atoms with Crippen LogP contribution in [0.4, 0.5) is 8.78 Å². The van der Waals surface area contributed by atoms with E-state index >= 15 is 4.39 Å². The third kappa shape index (κ3) is 3.17. The lowest BCUT2D eigenvalue weighted by Crippen LogP contribution is -2.40. The molecule has 2 N–H and O–H groups in total. The van der Waals surface area contributed by atoms with Crippen LogP contribution < -0.4 is 10.5 Å². The summed E-state index contributed by atoms with van der Waals surface area (Å²) in [5, 5.41) is 3.29. The Morgan fingerprint density at radius 1 is 1.48 bits per heavy atom. The normalized spacial score (nSPS) is 20.1. The summed E-state index contributed by atoms with van der Waals surface area (Å²) in [4.78, 5) is 18.9. The number of hydrogen-bond acceptors (Lipinski definition) is 4. The fraction of sp³-hybridized carbons (Fsp3) is 0.333. The lowest BCUT2D eigenvalue weighted by molar-refractivity contribution is -0.123. The average molecular weight is 373 g/mol. The van der Waals surface area contributed by atoms with Gasteiger partial charge in [-0.1, -0.05) is 5.11 Å². The summed E-state index contributed by atoms with van der Waals surface area (Å²) in [7, 11) is 0. The molecule has 0 saturated heterocycles. The zero-order chi connectivity index (χ0) is 19.8. The van der Waals surface area contributed by atoms with Crippen LogP contribution >= 0.6 is 0 Å². The maximum atomic E-state index is 15.1.